The first-order valence-electron chi connectivity index (χ1n) is 5.95. The van der Waals surface area contributed by atoms with E-state index in [-0.39, 0.29) is 12.5 Å². The lowest BCUT2D eigenvalue weighted by Gasteiger charge is -2.25. The van der Waals surface area contributed by atoms with Crippen LogP contribution in [0.25, 0.3) is 0 Å². The third-order valence-electron chi connectivity index (χ3n) is 2.50. The monoisotopic (exact) mass is 271 g/mol. The molecule has 0 bridgehead atoms. The summed E-state index contributed by atoms with van der Waals surface area (Å²) in [5.74, 6) is 0.142. The Morgan fingerprint density at radius 1 is 1.61 bits per heavy atom. The number of aromatic nitrogens is 1. The van der Waals surface area contributed by atoms with Crippen molar-refractivity contribution >= 4 is 22.4 Å². The van der Waals surface area contributed by atoms with E-state index in [4.69, 9.17) is 5.73 Å². The van der Waals surface area contributed by atoms with Crippen LogP contribution in [0.4, 0.5) is 5.13 Å². The van der Waals surface area contributed by atoms with Gasteiger partial charge < -0.3 is 16.2 Å². The van der Waals surface area contributed by atoms with Crippen molar-refractivity contribution in [1.82, 2.24) is 10.3 Å². The number of aliphatic hydroxyl groups is 1. The first kappa shape index (κ1) is 14.9. The quantitative estimate of drug-likeness (QED) is 0.758. The Labute approximate surface area is 111 Å². The second-order valence-electron chi connectivity index (χ2n) is 5.24. The molecule has 0 fully saturated rings. The Hall–Kier alpha value is -1.14. The van der Waals surface area contributed by atoms with E-state index in [1.54, 1.807) is 13.8 Å². The number of anilines is 1. The van der Waals surface area contributed by atoms with Gasteiger partial charge in [0.05, 0.1) is 11.3 Å². The zero-order chi connectivity index (χ0) is 13.9. The molecule has 0 aliphatic heterocycles. The van der Waals surface area contributed by atoms with Gasteiger partial charge in [0.15, 0.2) is 5.13 Å². The summed E-state index contributed by atoms with van der Waals surface area (Å²) in [6.07, 6.45) is 0.636. The summed E-state index contributed by atoms with van der Waals surface area (Å²) in [6, 6.07) is 0. The van der Waals surface area contributed by atoms with Gasteiger partial charge in [-0.2, -0.15) is 0 Å². The average molecular weight is 271 g/mol. The summed E-state index contributed by atoms with van der Waals surface area (Å²) in [7, 11) is 0. The Balaban J connectivity index is 2.59. The minimum absolute atomic E-state index is 0.223. The van der Waals surface area contributed by atoms with E-state index in [2.05, 4.69) is 10.3 Å². The highest BCUT2D eigenvalue weighted by Gasteiger charge is 2.23. The molecule has 1 atom stereocenters. The fraction of sp³-hybridized carbons (Fsp3) is 0.667. The molecule has 1 amide bonds. The number of rotatable bonds is 5. The van der Waals surface area contributed by atoms with Gasteiger partial charge in [0, 0.05) is 6.54 Å². The maximum atomic E-state index is 11.9. The third-order valence-corrected chi connectivity index (χ3v) is 3.48. The van der Waals surface area contributed by atoms with Crippen LogP contribution in [0, 0.1) is 12.8 Å². The number of nitrogens with two attached hydrogens (primary N) is 1. The van der Waals surface area contributed by atoms with E-state index in [1.165, 1.54) is 0 Å². The molecule has 0 spiro atoms. The molecule has 0 radical (unpaired) electrons. The summed E-state index contributed by atoms with van der Waals surface area (Å²) in [5.41, 5.74) is 5.27. The molecule has 1 heterocycles. The summed E-state index contributed by atoms with van der Waals surface area (Å²) in [4.78, 5) is 16.4. The fourth-order valence-corrected chi connectivity index (χ4v) is 2.68. The number of hydrogen-bond acceptors (Lipinski definition) is 5. The van der Waals surface area contributed by atoms with Gasteiger partial charge in [0.2, 0.25) is 0 Å². The van der Waals surface area contributed by atoms with Crippen LogP contribution in [0.1, 0.15) is 42.6 Å². The number of hydrogen-bond donors (Lipinski definition) is 3. The number of carbonyl (C=O) groups is 1. The number of nitrogens with one attached hydrogen (secondary N) is 1. The van der Waals surface area contributed by atoms with Gasteiger partial charge in [0.25, 0.3) is 5.91 Å². The van der Waals surface area contributed by atoms with Crippen molar-refractivity contribution in [3.63, 3.8) is 0 Å². The van der Waals surface area contributed by atoms with Crippen molar-refractivity contribution in [2.75, 3.05) is 12.3 Å². The second-order valence-corrected chi connectivity index (χ2v) is 6.27. The lowest BCUT2D eigenvalue weighted by atomic mass is 9.94. The number of nitrogens with zero attached hydrogens (tertiary/aromatic N) is 1. The van der Waals surface area contributed by atoms with Gasteiger partial charge in [-0.3, -0.25) is 4.79 Å². The highest BCUT2D eigenvalue weighted by atomic mass is 32.1. The Morgan fingerprint density at radius 3 is 2.67 bits per heavy atom. The molecular weight excluding hydrogens is 250 g/mol. The molecular formula is C12H21N3O2S. The summed E-state index contributed by atoms with van der Waals surface area (Å²) in [6.45, 7) is 7.76. The minimum Gasteiger partial charge on any atom is -0.388 e. The van der Waals surface area contributed by atoms with Gasteiger partial charge in [-0.1, -0.05) is 25.2 Å². The van der Waals surface area contributed by atoms with Crippen LogP contribution in [0.5, 0.6) is 0 Å². The average Bonchev–Trinajstić information content (AvgIpc) is 2.52. The molecule has 4 N–H and O–H groups in total. The van der Waals surface area contributed by atoms with Gasteiger partial charge in [-0.15, -0.1) is 0 Å². The first-order chi connectivity index (χ1) is 8.21. The predicted octanol–water partition coefficient (Wildman–Crippen LogP) is 1.56. The standard InChI is InChI=1S/C12H21N3O2S/c1-7(2)5-12(4,17)6-14-10(16)9-8(3)15-11(13)18-9/h7,17H,5-6H2,1-4H3,(H2,13,15)(H,14,16). The summed E-state index contributed by atoms with van der Waals surface area (Å²) < 4.78 is 0. The van der Waals surface area contributed by atoms with Crippen molar-refractivity contribution in [2.24, 2.45) is 5.92 Å². The topological polar surface area (TPSA) is 88.2 Å². The van der Waals surface area contributed by atoms with Crippen molar-refractivity contribution in [3.05, 3.63) is 10.6 Å². The lowest BCUT2D eigenvalue weighted by Crippen LogP contribution is -2.41. The maximum Gasteiger partial charge on any atom is 0.263 e. The van der Waals surface area contributed by atoms with Gasteiger partial charge in [0.1, 0.15) is 4.88 Å². The van der Waals surface area contributed by atoms with E-state index >= 15 is 0 Å². The molecule has 0 aliphatic carbocycles. The molecule has 0 saturated heterocycles. The Kier molecular flexibility index (Phi) is 4.70. The SMILES string of the molecule is Cc1nc(N)sc1C(=O)NCC(C)(O)CC(C)C. The summed E-state index contributed by atoms with van der Waals surface area (Å²) in [5, 5.41) is 13.2. The Morgan fingerprint density at radius 2 is 2.22 bits per heavy atom. The molecule has 5 nitrogen and oxygen atoms in total. The fourth-order valence-electron chi connectivity index (χ4n) is 1.93. The van der Waals surface area contributed by atoms with Gasteiger partial charge in [-0.05, 0) is 26.2 Å². The lowest BCUT2D eigenvalue weighted by molar-refractivity contribution is 0.0369. The van der Waals surface area contributed by atoms with E-state index in [1.807, 2.05) is 13.8 Å². The number of carbonyl (C=O) groups excluding carboxylic acids is 1. The van der Waals surface area contributed by atoms with Crippen LogP contribution in [-0.2, 0) is 0 Å². The molecule has 1 unspecified atom stereocenters. The molecule has 6 heteroatoms. The molecule has 1 aromatic heterocycles. The molecule has 102 valence electrons. The number of nitrogen functional groups attached to an aromatic ring is 1. The van der Waals surface area contributed by atoms with Crippen LogP contribution in [0.2, 0.25) is 0 Å². The molecule has 1 rings (SSSR count). The van der Waals surface area contributed by atoms with E-state index < -0.39 is 5.60 Å². The zero-order valence-electron chi connectivity index (χ0n) is 11.3. The Bertz CT molecular complexity index is 427. The first-order valence-corrected chi connectivity index (χ1v) is 6.76. The smallest absolute Gasteiger partial charge is 0.263 e. The third kappa shape index (κ3) is 4.27. The van der Waals surface area contributed by atoms with Crippen LogP contribution in [-0.4, -0.2) is 28.1 Å². The van der Waals surface area contributed by atoms with Crippen LogP contribution in [0.15, 0.2) is 0 Å². The molecule has 0 aliphatic rings. The number of amides is 1. The van der Waals surface area contributed by atoms with Gasteiger partial charge in [-0.25, -0.2) is 4.98 Å². The normalized spacial score (nSPS) is 14.6. The van der Waals surface area contributed by atoms with Crippen molar-refractivity contribution in [1.29, 1.82) is 0 Å². The van der Waals surface area contributed by atoms with Crippen LogP contribution in [0.3, 0.4) is 0 Å². The van der Waals surface area contributed by atoms with Crippen LogP contribution < -0.4 is 11.1 Å². The van der Waals surface area contributed by atoms with Crippen molar-refractivity contribution in [3.8, 4) is 0 Å². The van der Waals surface area contributed by atoms with Gasteiger partial charge >= 0.3 is 0 Å². The minimum atomic E-state index is -0.895. The second kappa shape index (κ2) is 5.67. The van der Waals surface area contributed by atoms with E-state index in [0.29, 0.717) is 28.0 Å². The predicted molar refractivity (Wildman–Crippen MR) is 73.7 cm³/mol. The summed E-state index contributed by atoms with van der Waals surface area (Å²) >= 11 is 1.16. The van der Waals surface area contributed by atoms with Crippen LogP contribution >= 0.6 is 11.3 Å². The number of aryl methyl sites for hydroxylation is 1. The molecule has 0 aromatic carbocycles. The largest absolute Gasteiger partial charge is 0.388 e. The van der Waals surface area contributed by atoms with Crippen molar-refractivity contribution < 1.29 is 9.90 Å². The molecule has 0 saturated carbocycles. The highest BCUT2D eigenvalue weighted by molar-refractivity contribution is 7.17. The maximum absolute atomic E-state index is 11.9. The van der Waals surface area contributed by atoms with E-state index in [9.17, 15) is 9.90 Å². The van der Waals surface area contributed by atoms with E-state index in [0.717, 1.165) is 11.3 Å². The zero-order valence-corrected chi connectivity index (χ0v) is 12.1. The number of thiazole rings is 1. The molecule has 18 heavy (non-hydrogen) atoms. The highest BCUT2D eigenvalue weighted by Crippen LogP contribution is 2.20. The van der Waals surface area contributed by atoms with Crippen molar-refractivity contribution in [2.45, 2.75) is 39.7 Å². The molecule has 1 aromatic rings.